The molecule has 4 heteroatoms. The summed E-state index contributed by atoms with van der Waals surface area (Å²) in [7, 11) is 0. The van der Waals surface area contributed by atoms with Crippen molar-refractivity contribution in [3.05, 3.63) is 52.5 Å². The summed E-state index contributed by atoms with van der Waals surface area (Å²) in [6.45, 7) is 0.688. The van der Waals surface area contributed by atoms with Crippen LogP contribution in [0.2, 0.25) is 0 Å². The summed E-state index contributed by atoms with van der Waals surface area (Å²) in [4.78, 5) is 16.6. The number of rotatable bonds is 5. The molecule has 0 unspecified atom stereocenters. The van der Waals surface area contributed by atoms with Gasteiger partial charge in [-0.3, -0.25) is 9.78 Å². The molecule has 0 aliphatic rings. The average molecular weight is 246 g/mol. The smallest absolute Gasteiger partial charge is 0.261 e. The van der Waals surface area contributed by atoms with Crippen LogP contribution in [0.3, 0.4) is 0 Å². The molecule has 0 aromatic carbocycles. The minimum atomic E-state index is 0.0148. The quantitative estimate of drug-likeness (QED) is 0.824. The van der Waals surface area contributed by atoms with E-state index in [4.69, 9.17) is 0 Å². The Bertz CT molecular complexity index is 454. The largest absolute Gasteiger partial charge is 0.351 e. The molecule has 1 amide bonds. The first kappa shape index (κ1) is 11.8. The van der Waals surface area contributed by atoms with Crippen LogP contribution in [-0.4, -0.2) is 17.4 Å². The van der Waals surface area contributed by atoms with E-state index in [1.807, 2.05) is 35.7 Å². The zero-order valence-electron chi connectivity index (χ0n) is 9.43. The molecule has 17 heavy (non-hydrogen) atoms. The highest BCUT2D eigenvalue weighted by atomic mass is 32.1. The maximum Gasteiger partial charge on any atom is 0.261 e. The molecule has 3 nitrogen and oxygen atoms in total. The average Bonchev–Trinajstić information content (AvgIpc) is 2.89. The van der Waals surface area contributed by atoms with E-state index in [9.17, 15) is 4.79 Å². The minimum absolute atomic E-state index is 0.0148. The van der Waals surface area contributed by atoms with E-state index in [0.717, 1.165) is 23.4 Å². The number of thiophene rings is 1. The molecule has 0 aliphatic carbocycles. The van der Waals surface area contributed by atoms with E-state index in [-0.39, 0.29) is 5.91 Å². The summed E-state index contributed by atoms with van der Waals surface area (Å²) in [6.07, 6.45) is 3.60. The summed E-state index contributed by atoms with van der Waals surface area (Å²) >= 11 is 1.46. The fourth-order valence-electron chi connectivity index (χ4n) is 1.51. The van der Waals surface area contributed by atoms with Crippen molar-refractivity contribution < 1.29 is 4.79 Å². The lowest BCUT2D eigenvalue weighted by atomic mass is 10.2. The zero-order valence-corrected chi connectivity index (χ0v) is 10.2. The molecule has 0 bridgehead atoms. The Morgan fingerprint density at radius 2 is 2.24 bits per heavy atom. The fourth-order valence-corrected chi connectivity index (χ4v) is 2.15. The molecule has 2 rings (SSSR count). The number of aryl methyl sites for hydroxylation is 1. The van der Waals surface area contributed by atoms with Crippen LogP contribution < -0.4 is 5.32 Å². The summed E-state index contributed by atoms with van der Waals surface area (Å²) in [5, 5.41) is 4.80. The molecule has 2 heterocycles. The van der Waals surface area contributed by atoms with Crippen LogP contribution in [0, 0.1) is 0 Å². The fraction of sp³-hybridized carbons (Fsp3) is 0.231. The third kappa shape index (κ3) is 3.67. The van der Waals surface area contributed by atoms with E-state index >= 15 is 0 Å². The molecule has 2 aromatic heterocycles. The molecule has 0 atom stereocenters. The number of pyridine rings is 1. The van der Waals surface area contributed by atoms with Crippen molar-refractivity contribution in [2.45, 2.75) is 12.8 Å². The highest BCUT2D eigenvalue weighted by molar-refractivity contribution is 7.12. The van der Waals surface area contributed by atoms with Crippen LogP contribution in [0.4, 0.5) is 0 Å². The van der Waals surface area contributed by atoms with Gasteiger partial charge in [0.15, 0.2) is 0 Å². The Labute approximate surface area is 105 Å². The second-order valence-corrected chi connectivity index (χ2v) is 4.61. The SMILES string of the molecule is O=C(NCCCc1ccccn1)c1cccs1. The maximum atomic E-state index is 11.6. The molecule has 0 saturated heterocycles. The molecule has 0 fully saturated rings. The van der Waals surface area contributed by atoms with E-state index in [0.29, 0.717) is 6.54 Å². The van der Waals surface area contributed by atoms with Gasteiger partial charge in [0.2, 0.25) is 0 Å². The lowest BCUT2D eigenvalue weighted by molar-refractivity contribution is 0.0957. The summed E-state index contributed by atoms with van der Waals surface area (Å²) in [5.74, 6) is 0.0148. The molecule has 0 radical (unpaired) electrons. The number of nitrogens with one attached hydrogen (secondary N) is 1. The van der Waals surface area contributed by atoms with Crippen molar-refractivity contribution in [2.24, 2.45) is 0 Å². The normalized spacial score (nSPS) is 10.1. The van der Waals surface area contributed by atoms with Gasteiger partial charge in [-0.05, 0) is 36.4 Å². The first-order chi connectivity index (χ1) is 8.36. The van der Waals surface area contributed by atoms with Gasteiger partial charge in [0, 0.05) is 18.4 Å². The van der Waals surface area contributed by atoms with Crippen molar-refractivity contribution in [3.8, 4) is 0 Å². The molecule has 88 valence electrons. The first-order valence-electron chi connectivity index (χ1n) is 5.58. The Morgan fingerprint density at radius 1 is 1.29 bits per heavy atom. The van der Waals surface area contributed by atoms with Gasteiger partial charge < -0.3 is 5.32 Å². The van der Waals surface area contributed by atoms with Gasteiger partial charge >= 0.3 is 0 Å². The van der Waals surface area contributed by atoms with E-state index in [1.165, 1.54) is 11.3 Å². The third-order valence-corrected chi connectivity index (χ3v) is 3.23. The van der Waals surface area contributed by atoms with Crippen LogP contribution in [0.15, 0.2) is 41.9 Å². The molecule has 0 spiro atoms. The lowest BCUT2D eigenvalue weighted by Crippen LogP contribution is -2.23. The number of carbonyl (C=O) groups excluding carboxylic acids is 1. The summed E-state index contributed by atoms with van der Waals surface area (Å²) in [5.41, 5.74) is 1.07. The molecule has 0 saturated carbocycles. The molecular formula is C13H14N2OS. The van der Waals surface area contributed by atoms with E-state index in [1.54, 1.807) is 6.20 Å². The molecule has 2 aromatic rings. The number of amides is 1. The monoisotopic (exact) mass is 246 g/mol. The van der Waals surface area contributed by atoms with E-state index < -0.39 is 0 Å². The number of hydrogen-bond donors (Lipinski definition) is 1. The lowest BCUT2D eigenvalue weighted by Gasteiger charge is -2.03. The van der Waals surface area contributed by atoms with Crippen LogP contribution in [0.25, 0.3) is 0 Å². The number of hydrogen-bond acceptors (Lipinski definition) is 3. The molecular weight excluding hydrogens is 232 g/mol. The maximum absolute atomic E-state index is 11.6. The Morgan fingerprint density at radius 3 is 2.94 bits per heavy atom. The number of carbonyl (C=O) groups is 1. The second-order valence-electron chi connectivity index (χ2n) is 3.66. The van der Waals surface area contributed by atoms with Crippen molar-refractivity contribution in [1.29, 1.82) is 0 Å². The van der Waals surface area contributed by atoms with Crippen molar-refractivity contribution >= 4 is 17.2 Å². The topological polar surface area (TPSA) is 42.0 Å². The van der Waals surface area contributed by atoms with Crippen LogP contribution >= 0.6 is 11.3 Å². The summed E-state index contributed by atoms with van der Waals surface area (Å²) < 4.78 is 0. The Hall–Kier alpha value is -1.68. The van der Waals surface area contributed by atoms with Gasteiger partial charge in [-0.25, -0.2) is 0 Å². The predicted molar refractivity (Wildman–Crippen MR) is 69.2 cm³/mol. The van der Waals surface area contributed by atoms with Crippen molar-refractivity contribution in [1.82, 2.24) is 10.3 Å². The van der Waals surface area contributed by atoms with E-state index in [2.05, 4.69) is 10.3 Å². The van der Waals surface area contributed by atoms with Gasteiger partial charge in [0.1, 0.15) is 0 Å². The van der Waals surface area contributed by atoms with Gasteiger partial charge in [-0.1, -0.05) is 12.1 Å². The van der Waals surface area contributed by atoms with Crippen LogP contribution in [0.1, 0.15) is 21.8 Å². The summed E-state index contributed by atoms with van der Waals surface area (Å²) in [6, 6.07) is 9.60. The third-order valence-electron chi connectivity index (χ3n) is 2.37. The molecule has 0 aliphatic heterocycles. The highest BCUT2D eigenvalue weighted by Crippen LogP contribution is 2.07. The van der Waals surface area contributed by atoms with Crippen molar-refractivity contribution in [3.63, 3.8) is 0 Å². The van der Waals surface area contributed by atoms with Gasteiger partial charge in [0.05, 0.1) is 4.88 Å². The highest BCUT2D eigenvalue weighted by Gasteiger charge is 2.04. The van der Waals surface area contributed by atoms with Crippen LogP contribution in [-0.2, 0) is 6.42 Å². The standard InChI is InChI=1S/C13H14N2OS/c16-13(12-7-4-10-17-12)15-9-3-6-11-5-1-2-8-14-11/h1-2,4-5,7-8,10H,3,6,9H2,(H,15,16). The Kier molecular flexibility index (Phi) is 4.27. The van der Waals surface area contributed by atoms with Crippen molar-refractivity contribution in [2.75, 3.05) is 6.54 Å². The van der Waals surface area contributed by atoms with Gasteiger partial charge in [0.25, 0.3) is 5.91 Å². The first-order valence-corrected chi connectivity index (χ1v) is 6.46. The zero-order chi connectivity index (χ0) is 11.9. The number of aromatic nitrogens is 1. The minimum Gasteiger partial charge on any atom is -0.351 e. The molecule has 1 N–H and O–H groups in total. The van der Waals surface area contributed by atoms with Gasteiger partial charge in [-0.2, -0.15) is 0 Å². The second kappa shape index (κ2) is 6.15. The number of nitrogens with zero attached hydrogens (tertiary/aromatic N) is 1. The van der Waals surface area contributed by atoms with Crippen LogP contribution in [0.5, 0.6) is 0 Å². The Balaban J connectivity index is 1.69. The predicted octanol–water partition coefficient (Wildman–Crippen LogP) is 2.51. The van der Waals surface area contributed by atoms with Gasteiger partial charge in [-0.15, -0.1) is 11.3 Å².